The summed E-state index contributed by atoms with van der Waals surface area (Å²) >= 11 is 5.55. The number of hydrogen-bond donors (Lipinski definition) is 1. The molecule has 8 heteroatoms. The van der Waals surface area contributed by atoms with Crippen molar-refractivity contribution in [2.75, 3.05) is 27.1 Å². The van der Waals surface area contributed by atoms with Crippen LogP contribution in [0.15, 0.2) is 23.4 Å². The molecule has 0 fully saturated rings. The van der Waals surface area contributed by atoms with Gasteiger partial charge in [0.05, 0.1) is 25.3 Å². The van der Waals surface area contributed by atoms with E-state index in [0.717, 1.165) is 24.2 Å². The van der Waals surface area contributed by atoms with Gasteiger partial charge in [0.15, 0.2) is 16.6 Å². The average Bonchev–Trinajstić information content (AvgIpc) is 3.12. The molecule has 3 rings (SSSR count). The first-order valence-corrected chi connectivity index (χ1v) is 9.36. The van der Waals surface area contributed by atoms with Crippen LogP contribution >= 0.6 is 12.2 Å². The molecule has 146 valence electrons. The van der Waals surface area contributed by atoms with Crippen LogP contribution in [0.5, 0.6) is 17.2 Å². The minimum Gasteiger partial charge on any atom is -0.493 e. The van der Waals surface area contributed by atoms with E-state index in [2.05, 4.69) is 12.2 Å². The number of ether oxygens (including phenoxy) is 4. The standard InChI is InChI=1S/C19H24N2O5S/c1-5-7-21-11(3)15(18(22)24-6-2)16(20-19(21)27)12-8-13(23-4)17-14(9-12)25-10-26-17/h8-9,16H,5-7,10H2,1-4H3,(H,20,27). The molecular formula is C19H24N2O5S. The molecule has 1 atom stereocenters. The Kier molecular flexibility index (Phi) is 5.74. The summed E-state index contributed by atoms with van der Waals surface area (Å²) in [5.41, 5.74) is 2.11. The quantitative estimate of drug-likeness (QED) is 0.585. The lowest BCUT2D eigenvalue weighted by Crippen LogP contribution is -2.48. The molecule has 0 radical (unpaired) electrons. The molecule has 27 heavy (non-hydrogen) atoms. The van der Waals surface area contributed by atoms with Gasteiger partial charge in [0.2, 0.25) is 12.5 Å². The van der Waals surface area contributed by atoms with Crippen molar-refractivity contribution in [3.05, 3.63) is 29.0 Å². The van der Waals surface area contributed by atoms with Gasteiger partial charge in [-0.1, -0.05) is 6.92 Å². The molecule has 0 saturated heterocycles. The molecule has 1 N–H and O–H groups in total. The molecule has 2 aliphatic rings. The third kappa shape index (κ3) is 3.53. The lowest BCUT2D eigenvalue weighted by Gasteiger charge is -2.37. The summed E-state index contributed by atoms with van der Waals surface area (Å²) in [5, 5.41) is 3.85. The Hall–Kier alpha value is -2.48. The Labute approximate surface area is 164 Å². The van der Waals surface area contributed by atoms with Crippen LogP contribution in [0.25, 0.3) is 0 Å². The molecular weight excluding hydrogens is 368 g/mol. The number of nitrogens with one attached hydrogen (secondary N) is 1. The van der Waals surface area contributed by atoms with Crippen LogP contribution in [-0.4, -0.2) is 43.0 Å². The van der Waals surface area contributed by atoms with E-state index in [4.69, 9.17) is 31.2 Å². The summed E-state index contributed by atoms with van der Waals surface area (Å²) in [6.45, 7) is 6.90. The van der Waals surface area contributed by atoms with Crippen LogP contribution in [-0.2, 0) is 9.53 Å². The molecule has 2 aliphatic heterocycles. The van der Waals surface area contributed by atoms with Gasteiger partial charge in [0.1, 0.15) is 0 Å². The van der Waals surface area contributed by atoms with Gasteiger partial charge in [0.25, 0.3) is 0 Å². The van der Waals surface area contributed by atoms with E-state index in [-0.39, 0.29) is 12.8 Å². The number of benzene rings is 1. The van der Waals surface area contributed by atoms with E-state index in [9.17, 15) is 4.79 Å². The summed E-state index contributed by atoms with van der Waals surface area (Å²) in [4.78, 5) is 14.7. The summed E-state index contributed by atoms with van der Waals surface area (Å²) in [7, 11) is 1.57. The van der Waals surface area contributed by atoms with Crippen LogP contribution in [0.1, 0.15) is 38.8 Å². The number of carbonyl (C=O) groups is 1. The van der Waals surface area contributed by atoms with Crippen LogP contribution in [0.2, 0.25) is 0 Å². The van der Waals surface area contributed by atoms with Gasteiger partial charge in [-0.15, -0.1) is 0 Å². The molecule has 0 aliphatic carbocycles. The normalized spacial score (nSPS) is 18.4. The molecule has 1 unspecified atom stereocenters. The first kappa shape index (κ1) is 19.3. The highest BCUT2D eigenvalue weighted by Crippen LogP contribution is 2.44. The topological polar surface area (TPSA) is 69.3 Å². The summed E-state index contributed by atoms with van der Waals surface area (Å²) in [6, 6.07) is 3.20. The molecule has 0 bridgehead atoms. The fraction of sp³-hybridized carbons (Fsp3) is 0.474. The second kappa shape index (κ2) is 8.04. The highest BCUT2D eigenvalue weighted by molar-refractivity contribution is 7.80. The lowest BCUT2D eigenvalue weighted by molar-refractivity contribution is -0.139. The van der Waals surface area contributed by atoms with Gasteiger partial charge in [-0.25, -0.2) is 4.79 Å². The first-order chi connectivity index (χ1) is 13.0. The number of thiocarbonyl (C=S) groups is 1. The summed E-state index contributed by atoms with van der Waals surface area (Å²) in [5.74, 6) is 1.32. The summed E-state index contributed by atoms with van der Waals surface area (Å²) < 4.78 is 21.7. The second-order valence-corrected chi connectivity index (χ2v) is 6.60. The summed E-state index contributed by atoms with van der Waals surface area (Å²) in [6.07, 6.45) is 0.901. The van der Waals surface area contributed by atoms with Gasteiger partial charge in [-0.3, -0.25) is 0 Å². The Morgan fingerprint density at radius 1 is 1.37 bits per heavy atom. The number of esters is 1. The smallest absolute Gasteiger partial charge is 0.338 e. The zero-order chi connectivity index (χ0) is 19.6. The van der Waals surface area contributed by atoms with Crippen molar-refractivity contribution in [2.45, 2.75) is 33.2 Å². The third-order valence-electron chi connectivity index (χ3n) is 4.55. The lowest BCUT2D eigenvalue weighted by atomic mass is 9.94. The van der Waals surface area contributed by atoms with Gasteiger partial charge in [0, 0.05) is 12.2 Å². The van der Waals surface area contributed by atoms with Crippen molar-refractivity contribution in [2.24, 2.45) is 0 Å². The zero-order valence-electron chi connectivity index (χ0n) is 16.0. The number of hydrogen-bond acceptors (Lipinski definition) is 6. The highest BCUT2D eigenvalue weighted by atomic mass is 32.1. The SMILES string of the molecule is CCCN1C(=S)NC(c2cc(OC)c3c(c2)OCO3)C(C(=O)OCC)=C1C. The molecule has 0 saturated carbocycles. The van der Waals surface area contributed by atoms with Gasteiger partial charge in [-0.05, 0) is 50.2 Å². The van der Waals surface area contributed by atoms with Crippen LogP contribution in [0, 0.1) is 0 Å². The monoisotopic (exact) mass is 392 g/mol. The van der Waals surface area contributed by atoms with E-state index in [0.29, 0.717) is 34.5 Å². The minimum atomic E-state index is -0.465. The number of rotatable bonds is 6. The van der Waals surface area contributed by atoms with Crippen LogP contribution in [0.4, 0.5) is 0 Å². The first-order valence-electron chi connectivity index (χ1n) is 8.95. The predicted molar refractivity (Wildman–Crippen MR) is 104 cm³/mol. The molecule has 0 aromatic heterocycles. The second-order valence-electron chi connectivity index (χ2n) is 6.21. The number of methoxy groups -OCH3 is 1. The van der Waals surface area contributed by atoms with Crippen LogP contribution in [0.3, 0.4) is 0 Å². The zero-order valence-corrected chi connectivity index (χ0v) is 16.8. The number of carbonyl (C=O) groups excluding carboxylic acids is 1. The number of nitrogens with zero attached hydrogens (tertiary/aromatic N) is 1. The molecule has 0 amide bonds. The van der Waals surface area contributed by atoms with Gasteiger partial charge in [-0.2, -0.15) is 0 Å². The van der Waals surface area contributed by atoms with Crippen molar-refractivity contribution in [3.8, 4) is 17.2 Å². The minimum absolute atomic E-state index is 0.134. The van der Waals surface area contributed by atoms with Crippen molar-refractivity contribution >= 4 is 23.3 Å². The number of fused-ring (bicyclic) bond motifs is 1. The number of allylic oxidation sites excluding steroid dienone is 1. The Morgan fingerprint density at radius 3 is 2.81 bits per heavy atom. The third-order valence-corrected chi connectivity index (χ3v) is 4.89. The fourth-order valence-corrected chi connectivity index (χ4v) is 3.66. The Balaban J connectivity index is 2.10. The van der Waals surface area contributed by atoms with Crippen molar-refractivity contribution < 1.29 is 23.7 Å². The van der Waals surface area contributed by atoms with Crippen LogP contribution < -0.4 is 19.5 Å². The van der Waals surface area contributed by atoms with Crippen molar-refractivity contribution in [1.82, 2.24) is 10.2 Å². The maximum atomic E-state index is 12.8. The Morgan fingerprint density at radius 2 is 2.15 bits per heavy atom. The Bertz CT molecular complexity index is 793. The predicted octanol–water partition coefficient (Wildman–Crippen LogP) is 2.90. The maximum Gasteiger partial charge on any atom is 0.338 e. The highest BCUT2D eigenvalue weighted by Gasteiger charge is 2.36. The van der Waals surface area contributed by atoms with E-state index in [1.165, 1.54) is 0 Å². The van der Waals surface area contributed by atoms with Crippen molar-refractivity contribution in [3.63, 3.8) is 0 Å². The van der Waals surface area contributed by atoms with E-state index < -0.39 is 6.04 Å². The molecule has 0 spiro atoms. The van der Waals surface area contributed by atoms with Crippen molar-refractivity contribution in [1.29, 1.82) is 0 Å². The molecule has 2 heterocycles. The van der Waals surface area contributed by atoms with E-state index in [1.807, 2.05) is 24.0 Å². The fourth-order valence-electron chi connectivity index (χ4n) is 3.31. The van der Waals surface area contributed by atoms with Gasteiger partial charge >= 0.3 is 5.97 Å². The van der Waals surface area contributed by atoms with E-state index >= 15 is 0 Å². The van der Waals surface area contributed by atoms with E-state index in [1.54, 1.807) is 14.0 Å². The molecule has 1 aromatic rings. The molecule has 1 aromatic carbocycles. The average molecular weight is 392 g/mol. The van der Waals surface area contributed by atoms with Gasteiger partial charge < -0.3 is 29.2 Å². The largest absolute Gasteiger partial charge is 0.493 e. The molecule has 7 nitrogen and oxygen atoms in total. The maximum absolute atomic E-state index is 12.8.